The summed E-state index contributed by atoms with van der Waals surface area (Å²) < 4.78 is 0. The number of rotatable bonds is 13. The molecule has 0 aliphatic carbocycles. The summed E-state index contributed by atoms with van der Waals surface area (Å²) in [7, 11) is 0. The Morgan fingerprint density at radius 2 is 1.39 bits per heavy atom. The number of carbonyl (C=O) groups excluding carboxylic acids is 3. The second-order valence-corrected chi connectivity index (χ2v) is 10.8. The van der Waals surface area contributed by atoms with Crippen LogP contribution < -0.4 is 10.6 Å². The smallest absolute Gasteiger partial charge is 0.252 e. The Balaban J connectivity index is 1.54. The molecule has 3 amide bonds. The molecule has 44 heavy (non-hydrogen) atoms. The topological polar surface area (TPSA) is 119 Å². The van der Waals surface area contributed by atoms with Crippen molar-refractivity contribution in [1.29, 1.82) is 0 Å². The van der Waals surface area contributed by atoms with Crippen molar-refractivity contribution in [3.05, 3.63) is 137 Å². The standard InChI is InChI=1S/C36H39N3O5/c1-25-30(19-12-20-32(25)41)35(43)38-31(23-27-13-6-3-7-14-27)33(42)21-22-39(26(2)40)34(29-17-10-5-11-18-29)36(44)37-24-28-15-8-4-9-16-28/h3-20,31,33-34,41-42H,21-24H2,1-2H3,(H,37,44)(H,38,43). The van der Waals surface area contributed by atoms with Crippen molar-refractivity contribution in [1.82, 2.24) is 15.5 Å². The molecule has 0 fully saturated rings. The van der Waals surface area contributed by atoms with Crippen LogP contribution in [0.25, 0.3) is 0 Å². The molecule has 8 heteroatoms. The zero-order valence-corrected chi connectivity index (χ0v) is 25.0. The lowest BCUT2D eigenvalue weighted by atomic mass is 9.97. The third kappa shape index (κ3) is 8.55. The van der Waals surface area contributed by atoms with Crippen LogP contribution in [0.2, 0.25) is 0 Å². The summed E-state index contributed by atoms with van der Waals surface area (Å²) >= 11 is 0. The van der Waals surface area contributed by atoms with Crippen molar-refractivity contribution in [2.75, 3.05) is 6.54 Å². The van der Waals surface area contributed by atoms with E-state index in [-0.39, 0.29) is 30.5 Å². The first-order valence-corrected chi connectivity index (χ1v) is 14.7. The van der Waals surface area contributed by atoms with Crippen molar-refractivity contribution >= 4 is 17.7 Å². The molecule has 4 N–H and O–H groups in total. The molecule has 0 saturated heterocycles. The molecule has 3 atom stereocenters. The van der Waals surface area contributed by atoms with Gasteiger partial charge < -0.3 is 25.7 Å². The number of carbonyl (C=O) groups is 3. The number of phenolic OH excluding ortho intramolecular Hbond substituents is 1. The van der Waals surface area contributed by atoms with Crippen LogP contribution in [0.1, 0.15) is 52.0 Å². The van der Waals surface area contributed by atoms with Gasteiger partial charge in [0.05, 0.1) is 12.1 Å². The van der Waals surface area contributed by atoms with Crippen molar-refractivity contribution in [2.45, 2.75) is 51.4 Å². The minimum absolute atomic E-state index is 0.00685. The first-order chi connectivity index (χ1) is 21.2. The van der Waals surface area contributed by atoms with Crippen molar-refractivity contribution in [3.63, 3.8) is 0 Å². The van der Waals surface area contributed by atoms with Gasteiger partial charge >= 0.3 is 0 Å². The van der Waals surface area contributed by atoms with Crippen LogP contribution in [0.3, 0.4) is 0 Å². The van der Waals surface area contributed by atoms with E-state index in [1.165, 1.54) is 17.9 Å². The zero-order valence-electron chi connectivity index (χ0n) is 25.0. The molecule has 4 aromatic carbocycles. The highest BCUT2D eigenvalue weighted by atomic mass is 16.3. The van der Waals surface area contributed by atoms with Crippen LogP contribution in [0.4, 0.5) is 0 Å². The fourth-order valence-corrected chi connectivity index (χ4v) is 5.20. The summed E-state index contributed by atoms with van der Waals surface area (Å²) in [6, 6.07) is 31.2. The second-order valence-electron chi connectivity index (χ2n) is 10.8. The van der Waals surface area contributed by atoms with E-state index in [0.29, 0.717) is 29.7 Å². The number of amides is 3. The molecule has 0 aliphatic heterocycles. The van der Waals surface area contributed by atoms with E-state index in [0.717, 1.165) is 11.1 Å². The molecule has 0 saturated carbocycles. The van der Waals surface area contributed by atoms with Gasteiger partial charge in [-0.1, -0.05) is 97.1 Å². The summed E-state index contributed by atoms with van der Waals surface area (Å²) in [5.41, 5.74) is 3.23. The van der Waals surface area contributed by atoms with Gasteiger partial charge in [0.25, 0.3) is 5.91 Å². The molecule has 3 unspecified atom stereocenters. The predicted octanol–water partition coefficient (Wildman–Crippen LogP) is 4.70. The third-order valence-electron chi connectivity index (χ3n) is 7.68. The van der Waals surface area contributed by atoms with Crippen LogP contribution >= 0.6 is 0 Å². The molecule has 0 radical (unpaired) electrons. The summed E-state index contributed by atoms with van der Waals surface area (Å²) in [5, 5.41) is 27.5. The Kier molecular flexibility index (Phi) is 11.3. The van der Waals surface area contributed by atoms with E-state index in [9.17, 15) is 24.6 Å². The molecular formula is C36H39N3O5. The summed E-state index contributed by atoms with van der Waals surface area (Å²) in [5.74, 6) is -1.07. The minimum Gasteiger partial charge on any atom is -0.508 e. The predicted molar refractivity (Wildman–Crippen MR) is 170 cm³/mol. The van der Waals surface area contributed by atoms with E-state index in [1.807, 2.05) is 78.9 Å². The third-order valence-corrected chi connectivity index (χ3v) is 7.68. The number of nitrogens with zero attached hydrogens (tertiary/aromatic N) is 1. The maximum absolute atomic E-state index is 13.6. The average Bonchev–Trinajstić information content (AvgIpc) is 3.04. The van der Waals surface area contributed by atoms with Crippen LogP contribution in [0, 0.1) is 6.92 Å². The van der Waals surface area contributed by atoms with Gasteiger partial charge in [-0.15, -0.1) is 0 Å². The lowest BCUT2D eigenvalue weighted by molar-refractivity contribution is -0.139. The maximum atomic E-state index is 13.6. The highest BCUT2D eigenvalue weighted by molar-refractivity contribution is 5.96. The number of phenols is 1. The number of aliphatic hydroxyl groups is 1. The van der Waals surface area contributed by atoms with Crippen molar-refractivity contribution in [2.24, 2.45) is 0 Å². The number of hydrogen-bond acceptors (Lipinski definition) is 5. The number of nitrogens with one attached hydrogen (secondary N) is 2. The normalized spacial score (nSPS) is 12.9. The van der Waals surface area contributed by atoms with E-state index < -0.39 is 24.1 Å². The molecule has 228 valence electrons. The lowest BCUT2D eigenvalue weighted by Crippen LogP contribution is -2.48. The molecule has 0 heterocycles. The second kappa shape index (κ2) is 15.5. The number of benzene rings is 4. The van der Waals surface area contributed by atoms with Gasteiger partial charge in [0.1, 0.15) is 11.8 Å². The van der Waals surface area contributed by atoms with Gasteiger partial charge in [0.15, 0.2) is 0 Å². The lowest BCUT2D eigenvalue weighted by Gasteiger charge is -2.32. The van der Waals surface area contributed by atoms with Crippen molar-refractivity contribution < 1.29 is 24.6 Å². The van der Waals surface area contributed by atoms with Gasteiger partial charge in [-0.2, -0.15) is 0 Å². The Morgan fingerprint density at radius 1 is 0.795 bits per heavy atom. The highest BCUT2D eigenvalue weighted by Gasteiger charge is 2.31. The van der Waals surface area contributed by atoms with Gasteiger partial charge in [-0.05, 0) is 48.6 Å². The van der Waals surface area contributed by atoms with Gasteiger partial charge in [-0.3, -0.25) is 14.4 Å². The van der Waals surface area contributed by atoms with E-state index in [4.69, 9.17) is 0 Å². The Hall–Kier alpha value is -4.95. The minimum atomic E-state index is -1.05. The van der Waals surface area contributed by atoms with Gasteiger partial charge in [0, 0.05) is 31.1 Å². The Morgan fingerprint density at radius 3 is 2.00 bits per heavy atom. The molecule has 8 nitrogen and oxygen atoms in total. The monoisotopic (exact) mass is 593 g/mol. The molecule has 0 aromatic heterocycles. The van der Waals surface area contributed by atoms with E-state index in [1.54, 1.807) is 31.2 Å². The Bertz CT molecular complexity index is 1530. The summed E-state index contributed by atoms with van der Waals surface area (Å²) in [6.45, 7) is 3.43. The first-order valence-electron chi connectivity index (χ1n) is 14.7. The average molecular weight is 594 g/mol. The highest BCUT2D eigenvalue weighted by Crippen LogP contribution is 2.24. The molecule has 0 aliphatic rings. The fourth-order valence-electron chi connectivity index (χ4n) is 5.20. The van der Waals surface area contributed by atoms with Gasteiger partial charge in [-0.25, -0.2) is 0 Å². The molecule has 0 bridgehead atoms. The molecular weight excluding hydrogens is 554 g/mol. The fraction of sp³-hybridized carbons (Fsp3) is 0.250. The van der Waals surface area contributed by atoms with Crippen LogP contribution in [-0.4, -0.2) is 51.5 Å². The Labute approximate surface area is 258 Å². The maximum Gasteiger partial charge on any atom is 0.252 e. The quantitative estimate of drug-likeness (QED) is 0.179. The summed E-state index contributed by atoms with van der Waals surface area (Å²) in [6.07, 6.45) is -0.612. The first kappa shape index (κ1) is 32.0. The van der Waals surface area contributed by atoms with E-state index >= 15 is 0 Å². The zero-order chi connectivity index (χ0) is 31.5. The molecule has 4 rings (SSSR count). The number of aliphatic hydroxyl groups excluding tert-OH is 1. The van der Waals surface area contributed by atoms with E-state index in [2.05, 4.69) is 10.6 Å². The largest absolute Gasteiger partial charge is 0.508 e. The van der Waals surface area contributed by atoms with Crippen molar-refractivity contribution in [3.8, 4) is 5.75 Å². The van der Waals surface area contributed by atoms with Crippen LogP contribution in [0.5, 0.6) is 5.75 Å². The van der Waals surface area contributed by atoms with Crippen LogP contribution in [-0.2, 0) is 22.6 Å². The summed E-state index contributed by atoms with van der Waals surface area (Å²) in [4.78, 5) is 41.4. The molecule has 4 aromatic rings. The SMILES string of the molecule is CC(=O)N(CCC(O)C(Cc1ccccc1)NC(=O)c1cccc(O)c1C)C(C(=O)NCc1ccccc1)c1ccccc1. The molecule has 0 spiro atoms. The number of hydrogen-bond donors (Lipinski definition) is 4. The van der Waals surface area contributed by atoms with Gasteiger partial charge in [0.2, 0.25) is 11.8 Å². The van der Waals surface area contributed by atoms with Crippen LogP contribution in [0.15, 0.2) is 109 Å². The number of aromatic hydroxyl groups is 1.